The number of H-pyrrole nitrogens is 1. The molecule has 3 rings (SSSR count). The number of hydrogen-bond acceptors (Lipinski definition) is 6. The molecule has 0 saturated carbocycles. The lowest BCUT2D eigenvalue weighted by molar-refractivity contribution is 0.294. The Labute approximate surface area is 146 Å². The van der Waals surface area contributed by atoms with E-state index < -0.39 is 0 Å². The number of nitriles is 1. The monoisotopic (exact) mass is 340 g/mol. The fourth-order valence-electron chi connectivity index (χ4n) is 2.85. The number of fused-ring (bicyclic) bond motifs is 1. The van der Waals surface area contributed by atoms with Crippen LogP contribution in [0.5, 0.6) is 17.4 Å². The molecule has 130 valence electrons. The normalized spacial score (nSPS) is 16.0. The van der Waals surface area contributed by atoms with Crippen LogP contribution in [0, 0.1) is 11.3 Å². The highest BCUT2D eigenvalue weighted by atomic mass is 16.5. The van der Waals surface area contributed by atoms with Crippen LogP contribution in [0.3, 0.4) is 0 Å². The Balaban J connectivity index is 2.06. The topological polar surface area (TPSA) is 106 Å². The van der Waals surface area contributed by atoms with Gasteiger partial charge in [0.1, 0.15) is 6.07 Å². The van der Waals surface area contributed by atoms with E-state index >= 15 is 0 Å². The Hall–Kier alpha value is -3.14. The second kappa shape index (κ2) is 6.77. The number of ether oxygens (including phenoxy) is 3. The van der Waals surface area contributed by atoms with Gasteiger partial charge in [0.25, 0.3) is 0 Å². The number of nitrogens with two attached hydrogens (primary N) is 1. The molecular formula is C18H20N4O3. The van der Waals surface area contributed by atoms with Crippen LogP contribution in [0.15, 0.2) is 29.7 Å². The summed E-state index contributed by atoms with van der Waals surface area (Å²) in [5.74, 6) is 1.94. The molecule has 0 aliphatic carbocycles. The largest absolute Gasteiger partial charge is 0.493 e. The summed E-state index contributed by atoms with van der Waals surface area (Å²) in [6.45, 7) is 4.56. The predicted molar refractivity (Wildman–Crippen MR) is 91.4 cm³/mol. The molecule has 0 saturated heterocycles. The van der Waals surface area contributed by atoms with Gasteiger partial charge in [-0.3, -0.25) is 0 Å². The van der Waals surface area contributed by atoms with E-state index in [1.54, 1.807) is 7.11 Å². The van der Waals surface area contributed by atoms with Gasteiger partial charge in [0, 0.05) is 5.57 Å². The summed E-state index contributed by atoms with van der Waals surface area (Å²) in [5.41, 5.74) is 8.49. The molecule has 1 aliphatic rings. The summed E-state index contributed by atoms with van der Waals surface area (Å²) < 4.78 is 16.7. The van der Waals surface area contributed by atoms with Gasteiger partial charge in [0.15, 0.2) is 17.4 Å². The highest BCUT2D eigenvalue weighted by molar-refractivity contribution is 5.51. The Morgan fingerprint density at radius 2 is 2.20 bits per heavy atom. The van der Waals surface area contributed by atoms with Gasteiger partial charge < -0.3 is 24.9 Å². The van der Waals surface area contributed by atoms with Crippen molar-refractivity contribution in [3.05, 3.63) is 46.7 Å². The molecule has 1 unspecified atom stereocenters. The smallest absolute Gasteiger partial charge is 0.244 e. The van der Waals surface area contributed by atoms with Crippen LogP contribution in [0.2, 0.25) is 0 Å². The average molecular weight is 340 g/mol. The molecule has 2 heterocycles. The minimum absolute atomic E-state index is 0.187. The quantitative estimate of drug-likeness (QED) is 0.867. The zero-order valence-electron chi connectivity index (χ0n) is 14.4. The van der Waals surface area contributed by atoms with Crippen molar-refractivity contribution in [3.63, 3.8) is 0 Å². The van der Waals surface area contributed by atoms with Crippen molar-refractivity contribution in [3.8, 4) is 23.4 Å². The summed E-state index contributed by atoms with van der Waals surface area (Å²) in [7, 11) is 1.61. The molecule has 2 aromatic rings. The second-order valence-corrected chi connectivity index (χ2v) is 5.76. The molecule has 25 heavy (non-hydrogen) atoms. The van der Waals surface area contributed by atoms with Gasteiger partial charge in [-0.2, -0.15) is 10.2 Å². The van der Waals surface area contributed by atoms with Crippen LogP contribution in [0.1, 0.15) is 43.3 Å². The molecule has 0 radical (unpaired) electrons. The van der Waals surface area contributed by atoms with Crippen molar-refractivity contribution in [2.24, 2.45) is 5.73 Å². The third-order valence-electron chi connectivity index (χ3n) is 4.10. The lowest BCUT2D eigenvalue weighted by atomic mass is 9.88. The van der Waals surface area contributed by atoms with Crippen molar-refractivity contribution >= 4 is 0 Å². The summed E-state index contributed by atoms with van der Waals surface area (Å²) in [4.78, 5) is 7.13. The van der Waals surface area contributed by atoms with Gasteiger partial charge in [-0.25, -0.2) is 0 Å². The number of imidazole rings is 1. The summed E-state index contributed by atoms with van der Waals surface area (Å²) in [5, 5.41) is 9.10. The molecule has 0 fully saturated rings. The standard InChI is InChI=1S/C18H20N4O3/c1-4-7-24-12-6-5-11(8-13(12)23-3)15-10(2)17(20)25-18-16(15)21-14(9-19)22-18/h5-6,8,15H,4,7,20H2,1-3H3,(H,21,22). The van der Waals surface area contributed by atoms with E-state index in [-0.39, 0.29) is 11.7 Å². The number of rotatable bonds is 5. The number of methoxy groups -OCH3 is 1. The fraction of sp³-hybridized carbons (Fsp3) is 0.333. The van der Waals surface area contributed by atoms with Crippen LogP contribution in [-0.4, -0.2) is 23.7 Å². The third kappa shape index (κ3) is 2.98. The Kier molecular flexibility index (Phi) is 4.52. The van der Waals surface area contributed by atoms with Crippen molar-refractivity contribution in [1.29, 1.82) is 5.26 Å². The van der Waals surface area contributed by atoms with E-state index in [2.05, 4.69) is 9.97 Å². The SMILES string of the molecule is CCCOc1ccc(C2C(C)=C(N)Oc3nc(C#N)[nH]c32)cc1OC. The van der Waals surface area contributed by atoms with Crippen molar-refractivity contribution in [2.45, 2.75) is 26.2 Å². The summed E-state index contributed by atoms with van der Waals surface area (Å²) in [6, 6.07) is 7.74. The van der Waals surface area contributed by atoms with Crippen molar-refractivity contribution < 1.29 is 14.2 Å². The molecule has 1 aromatic heterocycles. The predicted octanol–water partition coefficient (Wildman–Crippen LogP) is 2.79. The van der Waals surface area contributed by atoms with E-state index in [1.165, 1.54) is 0 Å². The van der Waals surface area contributed by atoms with Crippen LogP contribution >= 0.6 is 0 Å². The van der Waals surface area contributed by atoms with E-state index in [0.717, 1.165) is 17.6 Å². The van der Waals surface area contributed by atoms with Crippen LogP contribution in [-0.2, 0) is 0 Å². The zero-order valence-corrected chi connectivity index (χ0v) is 14.4. The van der Waals surface area contributed by atoms with Crippen LogP contribution < -0.4 is 19.9 Å². The molecule has 0 amide bonds. The van der Waals surface area contributed by atoms with E-state index in [9.17, 15) is 0 Å². The van der Waals surface area contributed by atoms with Crippen LogP contribution in [0.25, 0.3) is 0 Å². The lowest BCUT2D eigenvalue weighted by Crippen LogP contribution is -2.20. The minimum Gasteiger partial charge on any atom is -0.493 e. The Morgan fingerprint density at radius 1 is 1.40 bits per heavy atom. The number of allylic oxidation sites excluding steroid dienone is 1. The molecule has 7 heteroatoms. The van der Waals surface area contributed by atoms with Gasteiger partial charge in [0.05, 0.1) is 25.3 Å². The zero-order chi connectivity index (χ0) is 18.0. The van der Waals surface area contributed by atoms with Gasteiger partial charge >= 0.3 is 0 Å². The maximum Gasteiger partial charge on any atom is 0.244 e. The van der Waals surface area contributed by atoms with Gasteiger partial charge in [-0.05, 0) is 31.0 Å². The van der Waals surface area contributed by atoms with Gasteiger partial charge in [-0.15, -0.1) is 0 Å². The molecule has 1 aliphatic heterocycles. The first-order valence-corrected chi connectivity index (χ1v) is 8.03. The maximum absolute atomic E-state index is 9.10. The van der Waals surface area contributed by atoms with Crippen molar-refractivity contribution in [2.75, 3.05) is 13.7 Å². The lowest BCUT2D eigenvalue weighted by Gasteiger charge is -2.25. The Bertz CT molecular complexity index is 864. The number of aromatic amines is 1. The van der Waals surface area contributed by atoms with E-state index in [1.807, 2.05) is 38.1 Å². The first-order valence-electron chi connectivity index (χ1n) is 8.03. The molecule has 7 nitrogen and oxygen atoms in total. The van der Waals surface area contributed by atoms with E-state index in [4.69, 9.17) is 25.2 Å². The molecule has 0 bridgehead atoms. The van der Waals surface area contributed by atoms with Crippen LogP contribution in [0.4, 0.5) is 0 Å². The highest BCUT2D eigenvalue weighted by Crippen LogP contribution is 2.42. The number of nitrogens with zero attached hydrogens (tertiary/aromatic N) is 2. The van der Waals surface area contributed by atoms with Gasteiger partial charge in [-0.1, -0.05) is 13.0 Å². The third-order valence-corrected chi connectivity index (χ3v) is 4.10. The fourth-order valence-corrected chi connectivity index (χ4v) is 2.85. The average Bonchev–Trinajstić information content (AvgIpc) is 3.03. The molecule has 0 spiro atoms. The summed E-state index contributed by atoms with van der Waals surface area (Å²) >= 11 is 0. The summed E-state index contributed by atoms with van der Waals surface area (Å²) in [6.07, 6.45) is 0.914. The molecule has 1 atom stereocenters. The molecule has 1 aromatic carbocycles. The van der Waals surface area contributed by atoms with E-state index in [0.29, 0.717) is 35.6 Å². The van der Waals surface area contributed by atoms with Gasteiger partial charge in [0.2, 0.25) is 11.7 Å². The first kappa shape index (κ1) is 16.7. The second-order valence-electron chi connectivity index (χ2n) is 5.76. The van der Waals surface area contributed by atoms with Crippen molar-refractivity contribution in [1.82, 2.24) is 9.97 Å². The number of aromatic nitrogens is 2. The molecular weight excluding hydrogens is 320 g/mol. The number of benzene rings is 1. The molecule has 3 N–H and O–H groups in total. The number of nitrogens with one attached hydrogen (secondary N) is 1. The minimum atomic E-state index is -0.201. The highest BCUT2D eigenvalue weighted by Gasteiger charge is 2.31. The maximum atomic E-state index is 9.10. The Morgan fingerprint density at radius 3 is 2.88 bits per heavy atom. The number of hydrogen-bond donors (Lipinski definition) is 2. The first-order chi connectivity index (χ1) is 12.1.